The van der Waals surface area contributed by atoms with Gasteiger partial charge in [-0.05, 0) is 44.4 Å². The Morgan fingerprint density at radius 1 is 0.933 bits per heavy atom. The van der Waals surface area contributed by atoms with Gasteiger partial charge in [0.05, 0.1) is 30.9 Å². The molecule has 232 valence electrons. The van der Waals surface area contributed by atoms with Gasteiger partial charge in [-0.3, -0.25) is 4.90 Å². The van der Waals surface area contributed by atoms with E-state index in [2.05, 4.69) is 6.07 Å². The minimum atomic E-state index is -1.11. The van der Waals surface area contributed by atoms with E-state index in [1.165, 1.54) is 6.20 Å². The van der Waals surface area contributed by atoms with E-state index in [0.29, 0.717) is 0 Å². The molecule has 3 aromatic rings. The summed E-state index contributed by atoms with van der Waals surface area (Å²) in [4.78, 5) is 13.6. The van der Waals surface area contributed by atoms with Crippen LogP contribution >= 0.6 is 0 Å². The van der Waals surface area contributed by atoms with Crippen LogP contribution in [0, 0.1) is 22.7 Å². The Morgan fingerprint density at radius 3 is 1.93 bits per heavy atom. The first-order valence-corrected chi connectivity index (χ1v) is 14.9. The average molecular weight is 608 g/mol. The highest BCUT2D eigenvalue weighted by atomic mass is 16.8. The van der Waals surface area contributed by atoms with Crippen LogP contribution in [-0.4, -0.2) is 60.5 Å². The largest absolute Gasteiger partial charge is 0.449 e. The van der Waals surface area contributed by atoms with Crippen LogP contribution in [0.2, 0.25) is 0 Å². The number of carbonyl (C=O) groups excluding carboxylic acids is 1. The van der Waals surface area contributed by atoms with Crippen molar-refractivity contribution in [1.82, 2.24) is 4.90 Å². The first-order valence-electron chi connectivity index (χ1n) is 14.9. The van der Waals surface area contributed by atoms with Gasteiger partial charge in [0.1, 0.15) is 36.1 Å². The summed E-state index contributed by atoms with van der Waals surface area (Å²) < 4.78 is 31.6. The number of hydrogen-bond donors (Lipinski definition) is 0. The molecule has 2 aliphatic rings. The Labute approximate surface area is 264 Å². The molecule has 4 atom stereocenters. The number of ether oxygens (including phenoxy) is 5. The van der Waals surface area contributed by atoms with Gasteiger partial charge in [0.15, 0.2) is 5.79 Å². The van der Waals surface area contributed by atoms with Crippen molar-refractivity contribution in [2.24, 2.45) is 0 Å². The molecule has 2 aliphatic heterocycles. The van der Waals surface area contributed by atoms with Gasteiger partial charge < -0.3 is 23.7 Å². The van der Waals surface area contributed by atoms with E-state index >= 15 is 0 Å². The third-order valence-corrected chi connectivity index (χ3v) is 8.07. The van der Waals surface area contributed by atoms with Crippen LogP contribution in [-0.2, 0) is 29.3 Å². The standard InChI is InChI=1S/C36H37N3O6/c1-5-41-33(40)39(22-21-37)24-26(23-38)31-35(4)32(44-34(2,3)45-35)30(43-31)25-42-36(27-15-9-6-10-16-27,28-17-11-7-12-18-28)29-19-13-8-14-20-29/h6-20,24,30-32H,5,22,25H2,1-4H3/b26-24+/t30?,31?,32-,35+/m1/s1. The molecule has 3 aromatic carbocycles. The predicted octanol–water partition coefficient (Wildman–Crippen LogP) is 6.06. The minimum absolute atomic E-state index is 0.0768. The van der Waals surface area contributed by atoms with E-state index in [-0.39, 0.29) is 25.3 Å². The lowest BCUT2D eigenvalue weighted by molar-refractivity contribution is -0.203. The van der Waals surface area contributed by atoms with E-state index in [1.54, 1.807) is 6.92 Å². The molecule has 45 heavy (non-hydrogen) atoms. The van der Waals surface area contributed by atoms with Gasteiger partial charge in [-0.2, -0.15) is 10.5 Å². The zero-order valence-corrected chi connectivity index (χ0v) is 25.9. The molecular weight excluding hydrogens is 570 g/mol. The average Bonchev–Trinajstić information content (AvgIpc) is 3.46. The van der Waals surface area contributed by atoms with Gasteiger partial charge in [0, 0.05) is 6.20 Å². The van der Waals surface area contributed by atoms with Crippen molar-refractivity contribution in [2.75, 3.05) is 19.8 Å². The molecule has 0 spiro atoms. The lowest BCUT2D eigenvalue weighted by Crippen LogP contribution is -2.45. The van der Waals surface area contributed by atoms with Crippen LogP contribution in [0.3, 0.4) is 0 Å². The van der Waals surface area contributed by atoms with Crippen molar-refractivity contribution in [3.63, 3.8) is 0 Å². The predicted molar refractivity (Wildman–Crippen MR) is 165 cm³/mol. The van der Waals surface area contributed by atoms with E-state index in [4.69, 9.17) is 23.7 Å². The maximum Gasteiger partial charge on any atom is 0.414 e. The number of nitriles is 2. The quantitative estimate of drug-likeness (QED) is 0.155. The first-order chi connectivity index (χ1) is 21.7. The fourth-order valence-corrected chi connectivity index (χ4v) is 6.32. The zero-order valence-electron chi connectivity index (χ0n) is 25.9. The normalized spacial score (nSPS) is 23.9. The van der Waals surface area contributed by atoms with Crippen molar-refractivity contribution in [3.05, 3.63) is 119 Å². The smallest absolute Gasteiger partial charge is 0.414 e. The first kappa shape index (κ1) is 31.9. The number of amides is 1. The third-order valence-electron chi connectivity index (χ3n) is 8.07. The molecule has 5 rings (SSSR count). The molecule has 9 heteroatoms. The summed E-state index contributed by atoms with van der Waals surface area (Å²) in [5.41, 5.74) is 0.780. The highest BCUT2D eigenvalue weighted by molar-refractivity contribution is 5.69. The maximum absolute atomic E-state index is 12.6. The Kier molecular flexibility index (Phi) is 9.38. The van der Waals surface area contributed by atoms with Crippen LogP contribution in [0.5, 0.6) is 0 Å². The summed E-state index contributed by atoms with van der Waals surface area (Å²) >= 11 is 0. The van der Waals surface area contributed by atoms with Crippen molar-refractivity contribution < 1.29 is 28.5 Å². The topological polar surface area (TPSA) is 114 Å². The molecule has 2 heterocycles. The molecule has 0 aromatic heterocycles. The summed E-state index contributed by atoms with van der Waals surface area (Å²) in [6.45, 7) is 7.01. The van der Waals surface area contributed by atoms with Gasteiger partial charge in [-0.1, -0.05) is 91.0 Å². The Morgan fingerprint density at radius 2 is 1.47 bits per heavy atom. The number of rotatable bonds is 10. The van der Waals surface area contributed by atoms with Gasteiger partial charge >= 0.3 is 6.09 Å². The van der Waals surface area contributed by atoms with Crippen LogP contribution in [0.4, 0.5) is 4.79 Å². The number of nitrogens with zero attached hydrogens (tertiary/aromatic N) is 3. The second-order valence-corrected chi connectivity index (χ2v) is 11.6. The Balaban J connectivity index is 1.55. The Bertz CT molecular complexity index is 1490. The molecule has 0 aliphatic carbocycles. The molecule has 0 bridgehead atoms. The summed E-state index contributed by atoms with van der Waals surface area (Å²) in [6, 6.07) is 34.1. The summed E-state index contributed by atoms with van der Waals surface area (Å²) in [5.74, 6) is -0.983. The van der Waals surface area contributed by atoms with Crippen LogP contribution in [0.1, 0.15) is 44.4 Å². The molecule has 2 saturated heterocycles. The van der Waals surface area contributed by atoms with Gasteiger partial charge in [0.25, 0.3) is 0 Å². The Hall–Kier alpha value is -4.51. The molecule has 0 N–H and O–H groups in total. The van der Waals surface area contributed by atoms with Crippen molar-refractivity contribution in [3.8, 4) is 12.1 Å². The lowest BCUT2D eigenvalue weighted by atomic mass is 9.80. The highest BCUT2D eigenvalue weighted by Gasteiger charge is 2.64. The van der Waals surface area contributed by atoms with E-state index in [1.807, 2.05) is 118 Å². The third kappa shape index (κ3) is 6.22. The molecule has 2 unspecified atom stereocenters. The molecule has 0 radical (unpaired) electrons. The number of fused-ring (bicyclic) bond motifs is 1. The maximum atomic E-state index is 12.6. The molecule has 0 saturated carbocycles. The van der Waals surface area contributed by atoms with Crippen molar-refractivity contribution in [2.45, 2.75) is 63.0 Å². The molecular formula is C36H37N3O6. The van der Waals surface area contributed by atoms with Gasteiger partial charge in [-0.15, -0.1) is 0 Å². The second kappa shape index (κ2) is 13.2. The second-order valence-electron chi connectivity index (χ2n) is 11.6. The van der Waals surface area contributed by atoms with Gasteiger partial charge in [0.2, 0.25) is 0 Å². The molecule has 2 fully saturated rings. The minimum Gasteiger partial charge on any atom is -0.449 e. The van der Waals surface area contributed by atoms with Gasteiger partial charge in [-0.25, -0.2) is 4.79 Å². The van der Waals surface area contributed by atoms with E-state index < -0.39 is 41.4 Å². The highest BCUT2D eigenvalue weighted by Crippen LogP contribution is 2.50. The van der Waals surface area contributed by atoms with Crippen LogP contribution in [0.15, 0.2) is 103 Å². The van der Waals surface area contributed by atoms with E-state index in [0.717, 1.165) is 21.6 Å². The summed E-state index contributed by atoms with van der Waals surface area (Å²) in [5, 5.41) is 19.6. The fourth-order valence-electron chi connectivity index (χ4n) is 6.32. The molecule has 9 nitrogen and oxygen atoms in total. The van der Waals surface area contributed by atoms with Crippen LogP contribution < -0.4 is 0 Å². The number of hydrogen-bond acceptors (Lipinski definition) is 8. The number of carbonyl (C=O) groups is 1. The molecule has 1 amide bonds. The van der Waals surface area contributed by atoms with E-state index in [9.17, 15) is 15.3 Å². The van der Waals surface area contributed by atoms with Crippen molar-refractivity contribution >= 4 is 6.09 Å². The number of benzene rings is 3. The fraction of sp³-hybridized carbons (Fsp3) is 0.361. The monoisotopic (exact) mass is 607 g/mol. The summed E-state index contributed by atoms with van der Waals surface area (Å²) in [7, 11) is 0. The lowest BCUT2D eigenvalue weighted by Gasteiger charge is -2.37. The SMILES string of the molecule is CCOC(=O)N(/C=C(\C#N)C1OC(COC(c2ccccc2)(c2ccccc2)c2ccccc2)[C@H]2OC(C)(C)O[C@@]12C)CC#N. The van der Waals surface area contributed by atoms with Crippen molar-refractivity contribution in [1.29, 1.82) is 10.5 Å². The summed E-state index contributed by atoms with van der Waals surface area (Å²) in [6.07, 6.45) is -1.66. The zero-order chi connectivity index (χ0) is 32.1. The van der Waals surface area contributed by atoms with Crippen LogP contribution in [0.25, 0.3) is 0 Å².